The Bertz CT molecular complexity index is 979. The standard InChI is InChI=1S/C24H26FNO5/c25-19-9-18-13-28-15-31-23(18)22(11-19)24(27)26-7-8-29-21(12-26)14-30-20-6-5-16-3-1-2-4-17(16)10-20/h5-6,9-11,21H,1-4,7-8,12-15H2/t21-/m1/s1. The summed E-state index contributed by atoms with van der Waals surface area (Å²) in [4.78, 5) is 14.8. The van der Waals surface area contributed by atoms with Crippen LogP contribution in [-0.4, -0.2) is 50.0 Å². The smallest absolute Gasteiger partial charge is 0.257 e. The first-order valence-corrected chi connectivity index (χ1v) is 10.9. The van der Waals surface area contributed by atoms with E-state index in [0.29, 0.717) is 37.6 Å². The van der Waals surface area contributed by atoms with Gasteiger partial charge in [0.1, 0.15) is 30.0 Å². The highest BCUT2D eigenvalue weighted by Crippen LogP contribution is 2.31. The molecule has 2 aromatic carbocycles. The fraction of sp³-hybridized carbons (Fsp3) is 0.458. The molecule has 7 heteroatoms. The number of ether oxygens (including phenoxy) is 4. The maximum atomic E-state index is 14.1. The van der Waals surface area contributed by atoms with Crippen LogP contribution in [0.2, 0.25) is 0 Å². The Morgan fingerprint density at radius 1 is 1.13 bits per heavy atom. The van der Waals surface area contributed by atoms with Crippen LogP contribution in [0.4, 0.5) is 4.39 Å². The molecular formula is C24H26FNO5. The molecule has 1 fully saturated rings. The second-order valence-corrected chi connectivity index (χ2v) is 8.24. The zero-order valence-electron chi connectivity index (χ0n) is 17.4. The van der Waals surface area contributed by atoms with Crippen molar-refractivity contribution < 1.29 is 28.1 Å². The maximum Gasteiger partial charge on any atom is 0.257 e. The molecule has 31 heavy (non-hydrogen) atoms. The van der Waals surface area contributed by atoms with Crippen LogP contribution in [0, 0.1) is 5.82 Å². The number of fused-ring (bicyclic) bond motifs is 2. The third-order valence-corrected chi connectivity index (χ3v) is 6.09. The summed E-state index contributed by atoms with van der Waals surface area (Å²) >= 11 is 0. The predicted molar refractivity (Wildman–Crippen MR) is 111 cm³/mol. The average Bonchev–Trinajstić information content (AvgIpc) is 2.81. The van der Waals surface area contributed by atoms with Crippen molar-refractivity contribution in [3.63, 3.8) is 0 Å². The van der Waals surface area contributed by atoms with E-state index in [9.17, 15) is 9.18 Å². The normalized spacial score (nSPS) is 20.4. The molecule has 0 aromatic heterocycles. The van der Waals surface area contributed by atoms with E-state index < -0.39 is 5.82 Å². The average molecular weight is 427 g/mol. The number of benzene rings is 2. The molecule has 0 unspecified atom stereocenters. The number of rotatable bonds is 4. The van der Waals surface area contributed by atoms with Gasteiger partial charge in [0.2, 0.25) is 0 Å². The molecule has 6 nitrogen and oxygen atoms in total. The van der Waals surface area contributed by atoms with Crippen molar-refractivity contribution in [1.82, 2.24) is 4.90 Å². The van der Waals surface area contributed by atoms with E-state index in [1.807, 2.05) is 6.07 Å². The summed E-state index contributed by atoms with van der Waals surface area (Å²) in [6.45, 7) is 1.87. The Labute approximate surface area is 180 Å². The number of carbonyl (C=O) groups is 1. The molecule has 2 aliphatic heterocycles. The Morgan fingerprint density at radius 2 is 2.00 bits per heavy atom. The monoisotopic (exact) mass is 427 g/mol. The van der Waals surface area contributed by atoms with E-state index in [2.05, 4.69) is 12.1 Å². The molecule has 0 N–H and O–H groups in total. The first-order valence-electron chi connectivity index (χ1n) is 10.9. The van der Waals surface area contributed by atoms with Crippen LogP contribution in [0.3, 0.4) is 0 Å². The van der Waals surface area contributed by atoms with Gasteiger partial charge in [-0.3, -0.25) is 4.79 Å². The van der Waals surface area contributed by atoms with E-state index in [0.717, 1.165) is 18.6 Å². The number of halogens is 1. The Morgan fingerprint density at radius 3 is 2.90 bits per heavy atom. The summed E-state index contributed by atoms with van der Waals surface area (Å²) in [6.07, 6.45) is 4.46. The molecule has 0 radical (unpaired) electrons. The van der Waals surface area contributed by atoms with Gasteiger partial charge in [-0.2, -0.15) is 0 Å². The van der Waals surface area contributed by atoms with E-state index >= 15 is 0 Å². The van der Waals surface area contributed by atoms with Crippen molar-refractivity contribution in [1.29, 1.82) is 0 Å². The molecule has 2 aromatic rings. The molecule has 3 aliphatic rings. The zero-order valence-corrected chi connectivity index (χ0v) is 17.4. The number of nitrogens with zero attached hydrogens (tertiary/aromatic N) is 1. The minimum Gasteiger partial charge on any atom is -0.491 e. The summed E-state index contributed by atoms with van der Waals surface area (Å²) in [6, 6.07) is 8.87. The molecule has 0 bridgehead atoms. The van der Waals surface area contributed by atoms with Crippen molar-refractivity contribution in [2.24, 2.45) is 0 Å². The first kappa shape index (κ1) is 20.3. The van der Waals surface area contributed by atoms with Gasteiger partial charge in [0.15, 0.2) is 6.79 Å². The highest BCUT2D eigenvalue weighted by molar-refractivity contribution is 5.97. The van der Waals surface area contributed by atoms with Gasteiger partial charge in [0, 0.05) is 12.1 Å². The number of hydrogen-bond donors (Lipinski definition) is 0. The minimum atomic E-state index is -0.475. The fourth-order valence-electron chi connectivity index (χ4n) is 4.50. The van der Waals surface area contributed by atoms with Gasteiger partial charge in [0.25, 0.3) is 5.91 Å². The molecular weight excluding hydrogens is 401 g/mol. The Hall–Kier alpha value is -2.64. The maximum absolute atomic E-state index is 14.1. The number of hydrogen-bond acceptors (Lipinski definition) is 5. The third-order valence-electron chi connectivity index (χ3n) is 6.09. The SMILES string of the molecule is O=C(c1cc(F)cc2c1OCOC2)N1CCO[C@@H](COc2ccc3c(c2)CCCC3)C1. The fourth-order valence-corrected chi connectivity index (χ4v) is 4.50. The lowest BCUT2D eigenvalue weighted by molar-refractivity contribution is -0.0408. The van der Waals surface area contributed by atoms with Gasteiger partial charge in [-0.15, -0.1) is 0 Å². The van der Waals surface area contributed by atoms with E-state index in [1.165, 1.54) is 36.1 Å². The van der Waals surface area contributed by atoms with E-state index in [1.54, 1.807) is 4.90 Å². The summed E-state index contributed by atoms with van der Waals surface area (Å²) in [7, 11) is 0. The van der Waals surface area contributed by atoms with Gasteiger partial charge in [-0.25, -0.2) is 4.39 Å². The summed E-state index contributed by atoms with van der Waals surface area (Å²) in [5.41, 5.74) is 3.56. The minimum absolute atomic E-state index is 0.0548. The number of morpholine rings is 1. The molecule has 5 rings (SSSR count). The lowest BCUT2D eigenvalue weighted by atomic mass is 9.92. The van der Waals surface area contributed by atoms with Crippen molar-refractivity contribution in [3.05, 3.63) is 58.4 Å². The first-order chi connectivity index (χ1) is 15.2. The van der Waals surface area contributed by atoms with E-state index in [4.69, 9.17) is 18.9 Å². The van der Waals surface area contributed by atoms with E-state index in [-0.39, 0.29) is 31.0 Å². The lowest BCUT2D eigenvalue weighted by Crippen LogP contribution is -2.47. The van der Waals surface area contributed by atoms with Crippen LogP contribution in [-0.2, 0) is 28.9 Å². The van der Waals surface area contributed by atoms with Gasteiger partial charge in [0.05, 0.1) is 25.3 Å². The topological polar surface area (TPSA) is 57.2 Å². The quantitative estimate of drug-likeness (QED) is 0.748. The summed E-state index contributed by atoms with van der Waals surface area (Å²) in [5, 5.41) is 0. The molecule has 2 heterocycles. The predicted octanol–water partition coefficient (Wildman–Crippen LogP) is 3.49. The highest BCUT2D eigenvalue weighted by Gasteiger charge is 2.29. The molecule has 1 saturated heterocycles. The second-order valence-electron chi connectivity index (χ2n) is 8.24. The Balaban J connectivity index is 1.25. The molecule has 1 amide bonds. The number of carbonyl (C=O) groups excluding carboxylic acids is 1. The van der Waals surface area contributed by atoms with Crippen molar-refractivity contribution in [3.8, 4) is 11.5 Å². The molecule has 0 saturated carbocycles. The molecule has 0 spiro atoms. The van der Waals surface area contributed by atoms with Gasteiger partial charge < -0.3 is 23.8 Å². The van der Waals surface area contributed by atoms with Gasteiger partial charge >= 0.3 is 0 Å². The third kappa shape index (κ3) is 4.38. The summed E-state index contributed by atoms with van der Waals surface area (Å²) in [5.74, 6) is 0.503. The van der Waals surface area contributed by atoms with Crippen molar-refractivity contribution in [2.75, 3.05) is 33.1 Å². The van der Waals surface area contributed by atoms with Crippen LogP contribution in [0.15, 0.2) is 30.3 Å². The van der Waals surface area contributed by atoms with Gasteiger partial charge in [-0.05, 0) is 61.1 Å². The highest BCUT2D eigenvalue weighted by atomic mass is 19.1. The molecule has 1 aliphatic carbocycles. The number of aryl methyl sites for hydroxylation is 2. The summed E-state index contributed by atoms with van der Waals surface area (Å²) < 4.78 is 36.6. The second kappa shape index (κ2) is 8.85. The van der Waals surface area contributed by atoms with Crippen LogP contribution >= 0.6 is 0 Å². The molecule has 164 valence electrons. The number of amides is 1. The zero-order chi connectivity index (χ0) is 21.2. The van der Waals surface area contributed by atoms with Crippen molar-refractivity contribution in [2.45, 2.75) is 38.4 Å². The van der Waals surface area contributed by atoms with Gasteiger partial charge in [-0.1, -0.05) is 6.07 Å². The van der Waals surface area contributed by atoms with Crippen LogP contribution in [0.1, 0.15) is 39.9 Å². The largest absolute Gasteiger partial charge is 0.491 e. The Kier molecular flexibility index (Phi) is 5.78. The van der Waals surface area contributed by atoms with Crippen molar-refractivity contribution >= 4 is 5.91 Å². The lowest BCUT2D eigenvalue weighted by Gasteiger charge is -2.33. The van der Waals surface area contributed by atoms with Crippen LogP contribution in [0.25, 0.3) is 0 Å². The molecule has 1 atom stereocenters. The van der Waals surface area contributed by atoms with Crippen LogP contribution < -0.4 is 9.47 Å². The van der Waals surface area contributed by atoms with Crippen LogP contribution in [0.5, 0.6) is 11.5 Å².